The number of carbonyl (C=O) groups is 2. The van der Waals surface area contributed by atoms with Gasteiger partial charge >= 0.3 is 11.7 Å². The number of rotatable bonds is 5. The molecule has 0 aliphatic rings. The molecule has 0 saturated heterocycles. The zero-order valence-corrected chi connectivity index (χ0v) is 12.0. The number of esters is 1. The maximum atomic E-state index is 12.1. The van der Waals surface area contributed by atoms with E-state index < -0.39 is 11.4 Å². The van der Waals surface area contributed by atoms with E-state index in [0.717, 1.165) is 0 Å². The summed E-state index contributed by atoms with van der Waals surface area (Å²) in [5.74, 6) is -0.961. The van der Waals surface area contributed by atoms with Crippen LogP contribution in [-0.2, 0) is 20.9 Å². The number of hydrogen-bond donors (Lipinski definition) is 0. The van der Waals surface area contributed by atoms with Gasteiger partial charge in [-0.25, -0.2) is 4.79 Å². The van der Waals surface area contributed by atoms with E-state index in [2.05, 4.69) is 4.74 Å². The summed E-state index contributed by atoms with van der Waals surface area (Å²) < 4.78 is 7.42. The minimum Gasteiger partial charge on any atom is -0.468 e. The van der Waals surface area contributed by atoms with Gasteiger partial charge in [0.05, 0.1) is 13.7 Å². The van der Waals surface area contributed by atoms with Crippen LogP contribution in [0.5, 0.6) is 0 Å². The standard InChI is InChI=1S/C13H20N2O4/c1-9(2)15-7-6-14(12(15)18)8-10(16)13(3,4)11(17)19-5/h6-7,9H,8H2,1-5H3. The maximum Gasteiger partial charge on any atom is 0.328 e. The number of ketones is 1. The Morgan fingerprint density at radius 3 is 2.32 bits per heavy atom. The molecule has 1 heterocycles. The minimum absolute atomic E-state index is 0.0254. The lowest BCUT2D eigenvalue weighted by Crippen LogP contribution is -2.39. The molecule has 0 atom stereocenters. The Bertz CT molecular complexity index is 537. The number of methoxy groups -OCH3 is 1. The summed E-state index contributed by atoms with van der Waals surface area (Å²) in [4.78, 5) is 35.6. The van der Waals surface area contributed by atoms with Crippen molar-refractivity contribution in [2.75, 3.05) is 7.11 Å². The average Bonchev–Trinajstić information content (AvgIpc) is 2.69. The van der Waals surface area contributed by atoms with Gasteiger partial charge in [-0.3, -0.25) is 18.7 Å². The van der Waals surface area contributed by atoms with Crippen LogP contribution >= 0.6 is 0 Å². The van der Waals surface area contributed by atoms with Gasteiger partial charge in [0.1, 0.15) is 5.41 Å². The predicted octanol–water partition coefficient (Wildman–Crippen LogP) is 0.999. The number of ether oxygens (including phenoxy) is 1. The smallest absolute Gasteiger partial charge is 0.328 e. The summed E-state index contributed by atoms with van der Waals surface area (Å²) >= 11 is 0. The van der Waals surface area contributed by atoms with Crippen LogP contribution in [0.1, 0.15) is 33.7 Å². The molecule has 6 heteroatoms. The molecule has 19 heavy (non-hydrogen) atoms. The molecule has 0 fully saturated rings. The van der Waals surface area contributed by atoms with E-state index in [0.29, 0.717) is 0 Å². The molecule has 1 rings (SSSR count). The fourth-order valence-corrected chi connectivity index (χ4v) is 1.66. The highest BCUT2D eigenvalue weighted by molar-refractivity contribution is 6.02. The molecule has 6 nitrogen and oxygen atoms in total. The van der Waals surface area contributed by atoms with Crippen molar-refractivity contribution in [2.24, 2.45) is 5.41 Å². The first-order valence-electron chi connectivity index (χ1n) is 6.10. The van der Waals surface area contributed by atoms with Gasteiger partial charge in [0.25, 0.3) is 0 Å². The van der Waals surface area contributed by atoms with Crippen LogP contribution < -0.4 is 5.69 Å². The quantitative estimate of drug-likeness (QED) is 0.590. The summed E-state index contributed by atoms with van der Waals surface area (Å²) in [6, 6.07) is 0.0254. The van der Waals surface area contributed by atoms with Crippen LogP contribution in [0.4, 0.5) is 0 Å². The van der Waals surface area contributed by atoms with Crippen molar-refractivity contribution < 1.29 is 14.3 Å². The molecule has 0 spiro atoms. The maximum absolute atomic E-state index is 12.1. The highest BCUT2D eigenvalue weighted by atomic mass is 16.5. The zero-order valence-electron chi connectivity index (χ0n) is 12.0. The second kappa shape index (κ2) is 5.42. The van der Waals surface area contributed by atoms with Crippen molar-refractivity contribution in [3.05, 3.63) is 22.9 Å². The van der Waals surface area contributed by atoms with E-state index in [1.54, 1.807) is 12.4 Å². The molecular formula is C13H20N2O4. The number of carbonyl (C=O) groups excluding carboxylic acids is 2. The van der Waals surface area contributed by atoms with E-state index in [1.807, 2.05) is 13.8 Å². The number of hydrogen-bond acceptors (Lipinski definition) is 4. The molecule has 1 aromatic heterocycles. The number of nitrogens with zero attached hydrogens (tertiary/aromatic N) is 2. The van der Waals surface area contributed by atoms with Crippen molar-refractivity contribution >= 4 is 11.8 Å². The van der Waals surface area contributed by atoms with Gasteiger partial charge in [0.15, 0.2) is 5.78 Å². The van der Waals surface area contributed by atoms with Crippen molar-refractivity contribution in [3.63, 3.8) is 0 Å². The first-order chi connectivity index (χ1) is 8.71. The molecule has 0 aliphatic carbocycles. The molecule has 1 aromatic rings. The van der Waals surface area contributed by atoms with E-state index in [-0.39, 0.29) is 24.1 Å². The fourth-order valence-electron chi connectivity index (χ4n) is 1.66. The van der Waals surface area contributed by atoms with Crippen LogP contribution in [-0.4, -0.2) is 28.0 Å². The fraction of sp³-hybridized carbons (Fsp3) is 0.615. The monoisotopic (exact) mass is 268 g/mol. The Labute approximate surface area is 112 Å². The predicted molar refractivity (Wildman–Crippen MR) is 69.9 cm³/mol. The topological polar surface area (TPSA) is 70.3 Å². The molecule has 0 saturated carbocycles. The molecule has 0 aliphatic heterocycles. The summed E-state index contributed by atoms with van der Waals surface area (Å²) in [6.45, 7) is 6.61. The van der Waals surface area contributed by atoms with Crippen LogP contribution in [0, 0.1) is 5.41 Å². The Morgan fingerprint density at radius 1 is 1.32 bits per heavy atom. The largest absolute Gasteiger partial charge is 0.468 e. The lowest BCUT2D eigenvalue weighted by molar-refractivity contribution is -0.155. The van der Waals surface area contributed by atoms with Crippen LogP contribution in [0.25, 0.3) is 0 Å². The van der Waals surface area contributed by atoms with E-state index in [9.17, 15) is 14.4 Å². The van der Waals surface area contributed by atoms with E-state index >= 15 is 0 Å². The molecule has 106 valence electrons. The van der Waals surface area contributed by atoms with Crippen molar-refractivity contribution in [1.82, 2.24) is 9.13 Å². The molecule has 0 bridgehead atoms. The third kappa shape index (κ3) is 2.94. The van der Waals surface area contributed by atoms with Gasteiger partial charge in [-0.2, -0.15) is 0 Å². The normalized spacial score (nSPS) is 11.7. The van der Waals surface area contributed by atoms with E-state index in [4.69, 9.17) is 0 Å². The highest BCUT2D eigenvalue weighted by Crippen LogP contribution is 2.19. The third-order valence-electron chi connectivity index (χ3n) is 3.14. The van der Waals surface area contributed by atoms with Crippen molar-refractivity contribution in [3.8, 4) is 0 Å². The highest BCUT2D eigenvalue weighted by Gasteiger charge is 2.37. The van der Waals surface area contributed by atoms with Gasteiger partial charge < -0.3 is 4.74 Å². The van der Waals surface area contributed by atoms with Crippen LogP contribution in [0.15, 0.2) is 17.2 Å². The molecule has 0 aromatic carbocycles. The summed E-state index contributed by atoms with van der Waals surface area (Å²) in [6.07, 6.45) is 3.18. The summed E-state index contributed by atoms with van der Waals surface area (Å²) in [7, 11) is 1.23. The Balaban J connectivity index is 2.95. The summed E-state index contributed by atoms with van der Waals surface area (Å²) in [5.41, 5.74) is -1.52. The Hall–Kier alpha value is -1.85. The van der Waals surface area contributed by atoms with Crippen molar-refractivity contribution in [2.45, 2.75) is 40.3 Å². The van der Waals surface area contributed by atoms with Gasteiger partial charge in [0.2, 0.25) is 0 Å². The van der Waals surface area contributed by atoms with Gasteiger partial charge in [-0.1, -0.05) is 0 Å². The van der Waals surface area contributed by atoms with Gasteiger partial charge in [0, 0.05) is 18.4 Å². The first-order valence-corrected chi connectivity index (χ1v) is 6.10. The molecule has 0 N–H and O–H groups in total. The number of aromatic nitrogens is 2. The van der Waals surface area contributed by atoms with Crippen LogP contribution in [0.2, 0.25) is 0 Å². The average molecular weight is 268 g/mol. The van der Waals surface area contributed by atoms with Crippen LogP contribution in [0.3, 0.4) is 0 Å². The van der Waals surface area contributed by atoms with Gasteiger partial charge in [-0.15, -0.1) is 0 Å². The lowest BCUT2D eigenvalue weighted by Gasteiger charge is -2.19. The second-order valence-electron chi connectivity index (χ2n) is 5.25. The minimum atomic E-state index is -1.26. The van der Waals surface area contributed by atoms with E-state index in [1.165, 1.54) is 30.1 Å². The Morgan fingerprint density at radius 2 is 1.89 bits per heavy atom. The molecule has 0 amide bonds. The zero-order chi connectivity index (χ0) is 14.8. The number of imidazole rings is 1. The summed E-state index contributed by atoms with van der Waals surface area (Å²) in [5, 5.41) is 0. The third-order valence-corrected chi connectivity index (χ3v) is 3.14. The van der Waals surface area contributed by atoms with Gasteiger partial charge in [-0.05, 0) is 27.7 Å². The molecule has 0 radical (unpaired) electrons. The lowest BCUT2D eigenvalue weighted by atomic mass is 9.88. The Kier molecular flexibility index (Phi) is 4.34. The SMILES string of the molecule is COC(=O)C(C)(C)C(=O)Cn1ccn(C(C)C)c1=O. The molecule has 0 unspecified atom stereocenters. The number of Topliss-reactive ketones (excluding diaryl/α,β-unsaturated/α-hetero) is 1. The van der Waals surface area contributed by atoms with Crippen molar-refractivity contribution in [1.29, 1.82) is 0 Å². The molecular weight excluding hydrogens is 248 g/mol. The first kappa shape index (κ1) is 15.2. The second-order valence-corrected chi connectivity index (χ2v) is 5.25.